The van der Waals surface area contributed by atoms with Crippen LogP contribution in [0.15, 0.2) is 48.5 Å². The molecule has 0 saturated heterocycles. The van der Waals surface area contributed by atoms with E-state index < -0.39 is 0 Å². The fourth-order valence-corrected chi connectivity index (χ4v) is 3.11. The molecule has 2 aromatic carbocycles. The predicted molar refractivity (Wildman–Crippen MR) is 91.4 cm³/mol. The molecule has 1 amide bonds. The van der Waals surface area contributed by atoms with Crippen LogP contribution in [0.5, 0.6) is 5.75 Å². The Balaban J connectivity index is 1.64. The Morgan fingerprint density at radius 1 is 1.21 bits per heavy atom. The number of ether oxygens (including phenoxy) is 1. The van der Waals surface area contributed by atoms with Crippen molar-refractivity contribution >= 4 is 5.91 Å². The van der Waals surface area contributed by atoms with E-state index in [2.05, 4.69) is 5.32 Å². The van der Waals surface area contributed by atoms with Gasteiger partial charge in [0.15, 0.2) is 0 Å². The second-order valence-corrected chi connectivity index (χ2v) is 6.85. The van der Waals surface area contributed by atoms with E-state index in [9.17, 15) is 9.18 Å². The number of benzene rings is 2. The zero-order chi connectivity index (χ0) is 17.2. The van der Waals surface area contributed by atoms with Gasteiger partial charge in [-0.25, -0.2) is 4.39 Å². The topological polar surface area (TPSA) is 38.3 Å². The lowest BCUT2D eigenvalue weighted by atomic mass is 9.89. The Bertz CT molecular complexity index is 725. The van der Waals surface area contributed by atoms with Gasteiger partial charge in [-0.1, -0.05) is 30.3 Å². The highest BCUT2D eigenvalue weighted by atomic mass is 19.1. The van der Waals surface area contributed by atoms with Gasteiger partial charge in [0.1, 0.15) is 17.2 Å². The first kappa shape index (κ1) is 16.5. The van der Waals surface area contributed by atoms with E-state index in [4.69, 9.17) is 4.74 Å². The van der Waals surface area contributed by atoms with Crippen LogP contribution in [0.2, 0.25) is 0 Å². The monoisotopic (exact) mass is 327 g/mol. The second kappa shape index (κ2) is 6.63. The molecule has 1 heterocycles. The summed E-state index contributed by atoms with van der Waals surface area (Å²) < 4.78 is 18.9. The maximum Gasteiger partial charge on any atom is 0.220 e. The molecule has 0 aliphatic carbocycles. The van der Waals surface area contributed by atoms with Gasteiger partial charge in [-0.3, -0.25) is 4.79 Å². The number of hydrogen-bond donors (Lipinski definition) is 1. The third kappa shape index (κ3) is 3.94. The Morgan fingerprint density at radius 3 is 2.67 bits per heavy atom. The fraction of sp³-hybridized carbons (Fsp3) is 0.350. The van der Waals surface area contributed by atoms with Crippen molar-refractivity contribution in [3.05, 3.63) is 65.5 Å². The van der Waals surface area contributed by atoms with Crippen molar-refractivity contribution in [2.75, 3.05) is 0 Å². The first-order valence-corrected chi connectivity index (χ1v) is 8.25. The van der Waals surface area contributed by atoms with E-state index in [1.54, 1.807) is 12.1 Å². The summed E-state index contributed by atoms with van der Waals surface area (Å²) in [5, 5.41) is 3.12. The zero-order valence-electron chi connectivity index (χ0n) is 14.0. The minimum absolute atomic E-state index is 0.00294. The van der Waals surface area contributed by atoms with Crippen molar-refractivity contribution in [1.29, 1.82) is 0 Å². The molecule has 0 bridgehead atoms. The molecule has 3 rings (SSSR count). The summed E-state index contributed by atoms with van der Waals surface area (Å²) in [6, 6.07) is 14.1. The Hall–Kier alpha value is -2.36. The molecule has 0 aromatic heterocycles. The van der Waals surface area contributed by atoms with Crippen LogP contribution in [0, 0.1) is 5.82 Å². The molecule has 0 radical (unpaired) electrons. The Labute approximate surface area is 141 Å². The maximum absolute atomic E-state index is 12.9. The number of aryl methyl sites for hydroxylation is 1. The van der Waals surface area contributed by atoms with Gasteiger partial charge in [-0.15, -0.1) is 0 Å². The van der Waals surface area contributed by atoms with Gasteiger partial charge in [0.05, 0.1) is 6.04 Å². The summed E-state index contributed by atoms with van der Waals surface area (Å²) in [5.74, 6) is 0.568. The van der Waals surface area contributed by atoms with Crippen molar-refractivity contribution in [2.24, 2.45) is 0 Å². The number of rotatable bonds is 4. The first-order chi connectivity index (χ1) is 11.4. The Morgan fingerprint density at radius 2 is 1.92 bits per heavy atom. The number of amides is 1. The molecule has 1 aliphatic heterocycles. The smallest absolute Gasteiger partial charge is 0.220 e. The molecule has 1 N–H and O–H groups in total. The summed E-state index contributed by atoms with van der Waals surface area (Å²) in [6.07, 6.45) is 1.71. The largest absolute Gasteiger partial charge is 0.487 e. The number of carbonyl (C=O) groups is 1. The third-order valence-electron chi connectivity index (χ3n) is 4.27. The van der Waals surface area contributed by atoms with E-state index in [1.165, 1.54) is 12.1 Å². The van der Waals surface area contributed by atoms with Crippen molar-refractivity contribution in [2.45, 2.75) is 44.8 Å². The van der Waals surface area contributed by atoms with E-state index in [-0.39, 0.29) is 23.4 Å². The van der Waals surface area contributed by atoms with Crippen LogP contribution in [-0.2, 0) is 11.2 Å². The van der Waals surface area contributed by atoms with E-state index in [0.717, 1.165) is 23.3 Å². The summed E-state index contributed by atoms with van der Waals surface area (Å²) in [5.41, 5.74) is 1.66. The zero-order valence-corrected chi connectivity index (χ0v) is 14.0. The van der Waals surface area contributed by atoms with E-state index in [0.29, 0.717) is 12.8 Å². The molecule has 1 unspecified atom stereocenters. The molecule has 0 fully saturated rings. The van der Waals surface area contributed by atoms with Gasteiger partial charge in [0.2, 0.25) is 5.91 Å². The average molecular weight is 327 g/mol. The highest BCUT2D eigenvalue weighted by Gasteiger charge is 2.34. The van der Waals surface area contributed by atoms with Gasteiger partial charge in [-0.05, 0) is 44.0 Å². The van der Waals surface area contributed by atoms with E-state index >= 15 is 0 Å². The molecular weight excluding hydrogens is 305 g/mol. The molecule has 2 aromatic rings. The van der Waals surface area contributed by atoms with Crippen LogP contribution in [-0.4, -0.2) is 11.5 Å². The highest BCUT2D eigenvalue weighted by Crippen LogP contribution is 2.39. The first-order valence-electron chi connectivity index (χ1n) is 8.25. The Kier molecular flexibility index (Phi) is 4.56. The quantitative estimate of drug-likeness (QED) is 0.915. The number of halogens is 1. The molecule has 1 atom stereocenters. The molecule has 0 spiro atoms. The summed E-state index contributed by atoms with van der Waals surface area (Å²) in [7, 11) is 0. The molecule has 126 valence electrons. The van der Waals surface area contributed by atoms with Gasteiger partial charge < -0.3 is 10.1 Å². The third-order valence-corrected chi connectivity index (χ3v) is 4.27. The number of carbonyl (C=O) groups excluding carboxylic acids is 1. The van der Waals surface area contributed by atoms with Crippen molar-refractivity contribution in [1.82, 2.24) is 5.32 Å². The minimum atomic E-state index is -0.316. The SMILES string of the molecule is CC1(C)CC(NC(=O)CCc2ccc(F)cc2)c2ccccc2O1. The number of nitrogens with one attached hydrogen (secondary N) is 1. The molecule has 1 aliphatic rings. The highest BCUT2D eigenvalue weighted by molar-refractivity contribution is 5.77. The number of fused-ring (bicyclic) bond motifs is 1. The number of para-hydroxylation sites is 1. The second-order valence-electron chi connectivity index (χ2n) is 6.85. The normalized spacial score (nSPS) is 18.4. The summed E-state index contributed by atoms with van der Waals surface area (Å²) in [6.45, 7) is 4.06. The van der Waals surface area contributed by atoms with Crippen molar-refractivity contribution in [3.8, 4) is 5.75 Å². The molecule has 24 heavy (non-hydrogen) atoms. The van der Waals surface area contributed by atoms with Gasteiger partial charge in [0.25, 0.3) is 0 Å². The molecule has 3 nitrogen and oxygen atoms in total. The van der Waals surface area contributed by atoms with Crippen LogP contribution in [0.3, 0.4) is 0 Å². The number of hydrogen-bond acceptors (Lipinski definition) is 2. The van der Waals surface area contributed by atoms with Crippen LogP contribution >= 0.6 is 0 Å². The lowest BCUT2D eigenvalue weighted by molar-refractivity contribution is -0.122. The average Bonchev–Trinajstić information content (AvgIpc) is 2.53. The van der Waals surface area contributed by atoms with Gasteiger partial charge >= 0.3 is 0 Å². The van der Waals surface area contributed by atoms with Crippen molar-refractivity contribution in [3.63, 3.8) is 0 Å². The van der Waals surface area contributed by atoms with Crippen LogP contribution in [0.25, 0.3) is 0 Å². The minimum Gasteiger partial charge on any atom is -0.487 e. The lowest BCUT2D eigenvalue weighted by Crippen LogP contribution is -2.41. The lowest BCUT2D eigenvalue weighted by Gasteiger charge is -2.37. The molecule has 0 saturated carbocycles. The van der Waals surface area contributed by atoms with E-state index in [1.807, 2.05) is 38.1 Å². The van der Waals surface area contributed by atoms with Crippen LogP contribution in [0.4, 0.5) is 4.39 Å². The van der Waals surface area contributed by atoms with Crippen molar-refractivity contribution < 1.29 is 13.9 Å². The molecular formula is C20H22FNO2. The van der Waals surface area contributed by atoms with Crippen LogP contribution < -0.4 is 10.1 Å². The summed E-state index contributed by atoms with van der Waals surface area (Å²) in [4.78, 5) is 12.3. The predicted octanol–water partition coefficient (Wildman–Crippen LogP) is 4.18. The maximum atomic E-state index is 12.9. The standard InChI is InChI=1S/C20H22FNO2/c1-20(2)13-17(16-5-3-4-6-18(16)24-20)22-19(23)12-9-14-7-10-15(21)11-8-14/h3-8,10-11,17H,9,12-13H2,1-2H3,(H,22,23). The van der Waals surface area contributed by atoms with Crippen LogP contribution in [0.1, 0.15) is 43.9 Å². The summed E-state index contributed by atoms with van der Waals surface area (Å²) >= 11 is 0. The van der Waals surface area contributed by atoms with Gasteiger partial charge in [-0.2, -0.15) is 0 Å². The molecule has 4 heteroatoms. The van der Waals surface area contributed by atoms with Gasteiger partial charge in [0, 0.05) is 18.4 Å². The fourth-order valence-electron chi connectivity index (χ4n) is 3.11.